The van der Waals surface area contributed by atoms with Crippen LogP contribution in [-0.2, 0) is 5.54 Å². The van der Waals surface area contributed by atoms with Crippen LogP contribution in [0.3, 0.4) is 0 Å². The molecule has 0 heterocycles. The van der Waals surface area contributed by atoms with Gasteiger partial charge in [0.15, 0.2) is 0 Å². The Hall–Kier alpha value is -1.02. The third-order valence-electron chi connectivity index (χ3n) is 4.39. The van der Waals surface area contributed by atoms with Crippen molar-refractivity contribution in [2.24, 2.45) is 11.1 Å². The predicted octanol–water partition coefficient (Wildman–Crippen LogP) is 3.76. The molecular weight excluding hydrogens is 222 g/mol. The van der Waals surface area contributed by atoms with Crippen LogP contribution in [0.1, 0.15) is 50.7 Å². The smallest absolute Gasteiger partial charge is 0.123 e. The maximum Gasteiger partial charge on any atom is 0.123 e. The number of benzene rings is 1. The molecule has 0 bridgehead atoms. The molecule has 2 rings (SSSR count). The van der Waals surface area contributed by atoms with Crippen molar-refractivity contribution in [3.05, 3.63) is 29.3 Å². The first-order valence-electron chi connectivity index (χ1n) is 6.80. The van der Waals surface area contributed by atoms with Crippen LogP contribution in [0.2, 0.25) is 0 Å². The van der Waals surface area contributed by atoms with E-state index in [0.717, 1.165) is 18.6 Å². The summed E-state index contributed by atoms with van der Waals surface area (Å²) in [6.45, 7) is 6.78. The van der Waals surface area contributed by atoms with Crippen LogP contribution in [0.15, 0.2) is 18.2 Å². The van der Waals surface area contributed by atoms with Gasteiger partial charge in [-0.2, -0.15) is 0 Å². The van der Waals surface area contributed by atoms with Gasteiger partial charge < -0.3 is 10.5 Å². The van der Waals surface area contributed by atoms with Crippen LogP contribution in [0.4, 0.5) is 0 Å². The predicted molar refractivity (Wildman–Crippen MR) is 75.8 cm³/mol. The minimum absolute atomic E-state index is 0.215. The number of aryl methyl sites for hydroxylation is 1. The second-order valence-corrected chi connectivity index (χ2v) is 6.52. The fourth-order valence-corrected chi connectivity index (χ4v) is 2.85. The van der Waals surface area contributed by atoms with E-state index in [9.17, 15) is 0 Å². The second-order valence-electron chi connectivity index (χ2n) is 6.52. The normalized spacial score (nSPS) is 21.6. The molecule has 1 fully saturated rings. The molecule has 0 unspecified atom stereocenters. The number of nitrogens with two attached hydrogens (primary N) is 1. The lowest BCUT2D eigenvalue weighted by Gasteiger charge is -2.42. The van der Waals surface area contributed by atoms with E-state index in [0.29, 0.717) is 5.41 Å². The van der Waals surface area contributed by atoms with E-state index in [2.05, 4.69) is 32.9 Å². The van der Waals surface area contributed by atoms with Crippen molar-refractivity contribution in [3.63, 3.8) is 0 Å². The van der Waals surface area contributed by atoms with E-state index in [1.165, 1.54) is 24.0 Å². The van der Waals surface area contributed by atoms with Gasteiger partial charge in [0, 0.05) is 11.1 Å². The monoisotopic (exact) mass is 247 g/mol. The highest BCUT2D eigenvalue weighted by atomic mass is 16.5. The molecule has 0 saturated heterocycles. The molecule has 0 aromatic heterocycles. The summed E-state index contributed by atoms with van der Waals surface area (Å²) in [5.41, 5.74) is 9.31. The molecule has 0 aliphatic heterocycles. The van der Waals surface area contributed by atoms with Gasteiger partial charge in [0.25, 0.3) is 0 Å². The lowest BCUT2D eigenvalue weighted by molar-refractivity contribution is 0.162. The van der Waals surface area contributed by atoms with Gasteiger partial charge in [0.1, 0.15) is 5.75 Å². The van der Waals surface area contributed by atoms with Crippen molar-refractivity contribution in [1.29, 1.82) is 0 Å². The standard InChI is InChI=1S/C16H25NO/c1-12-5-6-14(18-4)13(11-12)16(17)9-7-15(2,3)8-10-16/h5-6,11H,7-10,17H2,1-4H3. The highest BCUT2D eigenvalue weighted by molar-refractivity contribution is 5.42. The highest BCUT2D eigenvalue weighted by Crippen LogP contribution is 2.45. The summed E-state index contributed by atoms with van der Waals surface area (Å²) < 4.78 is 5.49. The van der Waals surface area contributed by atoms with Crippen molar-refractivity contribution >= 4 is 0 Å². The molecule has 1 aromatic carbocycles. The van der Waals surface area contributed by atoms with Gasteiger partial charge in [0.05, 0.1) is 7.11 Å². The third-order valence-corrected chi connectivity index (χ3v) is 4.39. The van der Waals surface area contributed by atoms with Crippen molar-refractivity contribution < 1.29 is 4.74 Å². The first-order chi connectivity index (χ1) is 8.36. The molecule has 2 heteroatoms. The number of ether oxygens (including phenoxy) is 1. The number of methoxy groups -OCH3 is 1. The fourth-order valence-electron chi connectivity index (χ4n) is 2.85. The Bertz CT molecular complexity index is 427. The van der Waals surface area contributed by atoms with Gasteiger partial charge in [-0.25, -0.2) is 0 Å². The quantitative estimate of drug-likeness (QED) is 0.863. The fraction of sp³-hybridized carbons (Fsp3) is 0.625. The molecule has 1 aliphatic rings. The van der Waals surface area contributed by atoms with Crippen molar-refractivity contribution in [1.82, 2.24) is 0 Å². The molecule has 0 atom stereocenters. The Morgan fingerprint density at radius 2 is 1.72 bits per heavy atom. The molecular formula is C16H25NO. The first kappa shape index (κ1) is 13.4. The second kappa shape index (κ2) is 4.58. The van der Waals surface area contributed by atoms with E-state index >= 15 is 0 Å². The van der Waals surface area contributed by atoms with E-state index < -0.39 is 0 Å². The average Bonchev–Trinajstić information content (AvgIpc) is 2.33. The summed E-state index contributed by atoms with van der Waals surface area (Å²) in [7, 11) is 1.73. The summed E-state index contributed by atoms with van der Waals surface area (Å²) in [5, 5.41) is 0. The van der Waals surface area contributed by atoms with Gasteiger partial charge in [-0.15, -0.1) is 0 Å². The summed E-state index contributed by atoms with van der Waals surface area (Å²) >= 11 is 0. The number of hydrogen-bond acceptors (Lipinski definition) is 2. The Labute approximate surface area is 111 Å². The zero-order valence-electron chi connectivity index (χ0n) is 12.0. The van der Waals surface area contributed by atoms with Crippen LogP contribution in [0, 0.1) is 12.3 Å². The zero-order chi connectivity index (χ0) is 13.4. The van der Waals surface area contributed by atoms with E-state index in [1.54, 1.807) is 7.11 Å². The lowest BCUT2D eigenvalue weighted by Crippen LogP contribution is -2.42. The Morgan fingerprint density at radius 1 is 1.11 bits per heavy atom. The van der Waals surface area contributed by atoms with E-state index in [1.807, 2.05) is 6.07 Å². The van der Waals surface area contributed by atoms with Crippen LogP contribution in [-0.4, -0.2) is 7.11 Å². The van der Waals surface area contributed by atoms with Gasteiger partial charge in [-0.1, -0.05) is 31.5 Å². The molecule has 0 spiro atoms. The largest absolute Gasteiger partial charge is 0.496 e. The Kier molecular flexibility index (Phi) is 3.41. The molecule has 18 heavy (non-hydrogen) atoms. The molecule has 1 aliphatic carbocycles. The van der Waals surface area contributed by atoms with Crippen molar-refractivity contribution in [2.75, 3.05) is 7.11 Å². The summed E-state index contributed by atoms with van der Waals surface area (Å²) in [5.74, 6) is 0.933. The Morgan fingerprint density at radius 3 is 2.28 bits per heavy atom. The van der Waals surface area contributed by atoms with Crippen LogP contribution in [0.5, 0.6) is 5.75 Å². The minimum atomic E-state index is -0.215. The summed E-state index contributed by atoms with van der Waals surface area (Å²) in [6, 6.07) is 6.31. The first-order valence-corrected chi connectivity index (χ1v) is 6.80. The minimum Gasteiger partial charge on any atom is -0.496 e. The van der Waals surface area contributed by atoms with Crippen molar-refractivity contribution in [3.8, 4) is 5.75 Å². The molecule has 1 aromatic rings. The lowest BCUT2D eigenvalue weighted by atomic mass is 9.67. The van der Waals surface area contributed by atoms with Gasteiger partial charge >= 0.3 is 0 Å². The highest BCUT2D eigenvalue weighted by Gasteiger charge is 2.38. The maximum atomic E-state index is 6.67. The average molecular weight is 247 g/mol. The third kappa shape index (κ3) is 2.54. The number of rotatable bonds is 2. The van der Waals surface area contributed by atoms with Gasteiger partial charge in [-0.05, 0) is 44.1 Å². The van der Waals surface area contributed by atoms with Crippen molar-refractivity contribution in [2.45, 2.75) is 52.0 Å². The summed E-state index contributed by atoms with van der Waals surface area (Å²) in [4.78, 5) is 0. The van der Waals surface area contributed by atoms with E-state index in [-0.39, 0.29) is 5.54 Å². The van der Waals surface area contributed by atoms with Gasteiger partial charge in [-0.3, -0.25) is 0 Å². The van der Waals surface area contributed by atoms with Gasteiger partial charge in [0.2, 0.25) is 0 Å². The molecule has 2 nitrogen and oxygen atoms in total. The summed E-state index contributed by atoms with van der Waals surface area (Å²) in [6.07, 6.45) is 4.45. The molecule has 0 amide bonds. The molecule has 100 valence electrons. The van der Waals surface area contributed by atoms with E-state index in [4.69, 9.17) is 10.5 Å². The van der Waals surface area contributed by atoms with Crippen LogP contribution < -0.4 is 10.5 Å². The number of hydrogen-bond donors (Lipinski definition) is 1. The molecule has 1 saturated carbocycles. The topological polar surface area (TPSA) is 35.2 Å². The van der Waals surface area contributed by atoms with Crippen LogP contribution >= 0.6 is 0 Å². The van der Waals surface area contributed by atoms with Crippen LogP contribution in [0.25, 0.3) is 0 Å². The zero-order valence-corrected chi connectivity index (χ0v) is 12.0. The molecule has 2 N–H and O–H groups in total. The Balaban J connectivity index is 2.33. The molecule has 0 radical (unpaired) electrons. The SMILES string of the molecule is COc1ccc(C)cc1C1(N)CCC(C)(C)CC1. The maximum absolute atomic E-state index is 6.67.